The van der Waals surface area contributed by atoms with Gasteiger partial charge in [-0.3, -0.25) is 9.36 Å². The van der Waals surface area contributed by atoms with Crippen LogP contribution >= 0.6 is 23.2 Å². The van der Waals surface area contributed by atoms with E-state index in [4.69, 9.17) is 23.2 Å². The summed E-state index contributed by atoms with van der Waals surface area (Å²) < 4.78 is 1.45. The van der Waals surface area contributed by atoms with Gasteiger partial charge in [-0.05, 0) is 24.3 Å². The third-order valence-corrected chi connectivity index (χ3v) is 3.69. The lowest BCUT2D eigenvalue weighted by molar-refractivity contribution is 0.0695. The highest BCUT2D eigenvalue weighted by Crippen LogP contribution is 2.24. The molecule has 3 aromatic rings. The molecule has 0 bridgehead atoms. The van der Waals surface area contributed by atoms with Gasteiger partial charge in [-0.1, -0.05) is 35.3 Å². The van der Waals surface area contributed by atoms with E-state index in [-0.39, 0.29) is 21.7 Å². The molecule has 7 heteroatoms. The Morgan fingerprint density at radius 3 is 2.55 bits per heavy atom. The van der Waals surface area contributed by atoms with Crippen molar-refractivity contribution in [3.8, 4) is 5.69 Å². The Hall–Kier alpha value is -2.37. The van der Waals surface area contributed by atoms with E-state index in [1.54, 1.807) is 24.3 Å². The maximum atomic E-state index is 12.2. The summed E-state index contributed by atoms with van der Waals surface area (Å²) in [4.78, 5) is 27.7. The summed E-state index contributed by atoms with van der Waals surface area (Å²) in [7, 11) is 0. The van der Waals surface area contributed by atoms with Crippen LogP contribution in [0.25, 0.3) is 16.7 Å². The summed E-state index contributed by atoms with van der Waals surface area (Å²) in [5.74, 6) is -1.32. The average molecular weight is 335 g/mol. The quantitative estimate of drug-likeness (QED) is 0.729. The Morgan fingerprint density at radius 2 is 1.86 bits per heavy atom. The van der Waals surface area contributed by atoms with Gasteiger partial charge in [0.15, 0.2) is 0 Å². The number of hydrogen-bond acceptors (Lipinski definition) is 3. The van der Waals surface area contributed by atoms with Gasteiger partial charge in [0.25, 0.3) is 0 Å². The zero-order valence-corrected chi connectivity index (χ0v) is 12.5. The number of para-hydroxylation sites is 1. The highest BCUT2D eigenvalue weighted by Gasteiger charge is 2.17. The lowest BCUT2D eigenvalue weighted by atomic mass is 10.2. The van der Waals surface area contributed by atoms with E-state index in [1.807, 2.05) is 0 Å². The zero-order valence-electron chi connectivity index (χ0n) is 11.0. The molecule has 0 aliphatic rings. The van der Waals surface area contributed by atoms with Crippen LogP contribution < -0.4 is 5.43 Å². The first-order chi connectivity index (χ1) is 10.5. The maximum Gasteiger partial charge on any atom is 0.341 e. The van der Waals surface area contributed by atoms with Crippen molar-refractivity contribution in [2.75, 3.05) is 0 Å². The van der Waals surface area contributed by atoms with Gasteiger partial charge in [0.2, 0.25) is 5.43 Å². The highest BCUT2D eigenvalue weighted by molar-refractivity contribution is 6.32. The van der Waals surface area contributed by atoms with Crippen molar-refractivity contribution in [1.29, 1.82) is 0 Å². The van der Waals surface area contributed by atoms with Crippen molar-refractivity contribution in [2.24, 2.45) is 0 Å². The molecule has 2 heterocycles. The molecule has 0 fully saturated rings. The van der Waals surface area contributed by atoms with Crippen molar-refractivity contribution in [1.82, 2.24) is 9.55 Å². The number of carboxylic acids is 1. The summed E-state index contributed by atoms with van der Waals surface area (Å²) in [6.45, 7) is 0. The Morgan fingerprint density at radius 1 is 1.14 bits per heavy atom. The molecule has 1 N–H and O–H groups in total. The minimum Gasteiger partial charge on any atom is -0.477 e. The number of nitrogens with zero attached hydrogens (tertiary/aromatic N) is 2. The fourth-order valence-corrected chi connectivity index (χ4v) is 2.53. The molecule has 110 valence electrons. The summed E-state index contributed by atoms with van der Waals surface area (Å²) in [6, 6.07) is 9.73. The third kappa shape index (κ3) is 2.34. The molecular weight excluding hydrogens is 327 g/mol. The molecule has 2 aromatic heterocycles. The van der Waals surface area contributed by atoms with Crippen molar-refractivity contribution >= 4 is 40.2 Å². The first kappa shape index (κ1) is 14.6. The summed E-state index contributed by atoms with van der Waals surface area (Å²) in [5.41, 5.74) is -0.228. The van der Waals surface area contributed by atoms with Gasteiger partial charge in [0.1, 0.15) is 16.4 Å². The first-order valence-electron chi connectivity index (χ1n) is 6.19. The van der Waals surface area contributed by atoms with Gasteiger partial charge >= 0.3 is 5.97 Å². The van der Waals surface area contributed by atoms with E-state index >= 15 is 0 Å². The average Bonchev–Trinajstić information content (AvgIpc) is 2.48. The molecule has 3 rings (SSSR count). The van der Waals surface area contributed by atoms with Crippen LogP contribution in [0.5, 0.6) is 0 Å². The molecule has 0 aliphatic heterocycles. The smallest absolute Gasteiger partial charge is 0.341 e. The number of carboxylic acid groups (broad SMARTS) is 1. The normalized spacial score (nSPS) is 10.8. The van der Waals surface area contributed by atoms with Crippen molar-refractivity contribution in [3.63, 3.8) is 0 Å². The second kappa shape index (κ2) is 5.44. The standard InChI is InChI=1S/C15H8Cl2N2O3/c16-10-3-1-2-4-11(10)19-7-9(15(21)22)13(20)8-5-6-12(17)18-14(8)19/h1-7H,(H,21,22). The van der Waals surface area contributed by atoms with E-state index in [0.717, 1.165) is 0 Å². The SMILES string of the molecule is O=C(O)c1cn(-c2ccccc2Cl)c2nc(Cl)ccc2c1=O. The number of halogens is 2. The van der Waals surface area contributed by atoms with Gasteiger partial charge < -0.3 is 5.11 Å². The van der Waals surface area contributed by atoms with Gasteiger partial charge in [0, 0.05) is 6.20 Å². The topological polar surface area (TPSA) is 72.2 Å². The number of pyridine rings is 2. The molecule has 5 nitrogen and oxygen atoms in total. The number of carbonyl (C=O) groups is 1. The van der Waals surface area contributed by atoms with Crippen LogP contribution in [-0.4, -0.2) is 20.6 Å². The van der Waals surface area contributed by atoms with Gasteiger partial charge in [0.05, 0.1) is 16.1 Å². The Balaban J connectivity index is 2.50. The molecule has 22 heavy (non-hydrogen) atoms. The predicted octanol–water partition coefficient (Wildman–Crippen LogP) is 3.39. The molecule has 0 radical (unpaired) electrons. The second-order valence-electron chi connectivity index (χ2n) is 4.50. The zero-order chi connectivity index (χ0) is 15.9. The summed E-state index contributed by atoms with van der Waals surface area (Å²) in [6.07, 6.45) is 1.21. The fourth-order valence-electron chi connectivity index (χ4n) is 2.16. The first-order valence-corrected chi connectivity index (χ1v) is 6.95. The third-order valence-electron chi connectivity index (χ3n) is 3.16. The van der Waals surface area contributed by atoms with Gasteiger partial charge in [-0.25, -0.2) is 9.78 Å². The van der Waals surface area contributed by atoms with Gasteiger partial charge in [-0.15, -0.1) is 0 Å². The van der Waals surface area contributed by atoms with Crippen LogP contribution in [0.4, 0.5) is 0 Å². The molecule has 1 aromatic carbocycles. The lowest BCUT2D eigenvalue weighted by Crippen LogP contribution is -2.19. The van der Waals surface area contributed by atoms with Crippen molar-refractivity contribution in [3.05, 3.63) is 68.6 Å². The van der Waals surface area contributed by atoms with Crippen LogP contribution in [0.2, 0.25) is 10.2 Å². The molecule has 0 atom stereocenters. The monoisotopic (exact) mass is 334 g/mol. The number of aromatic carboxylic acids is 1. The molecule has 0 aliphatic carbocycles. The van der Waals surface area contributed by atoms with Crippen LogP contribution in [0.3, 0.4) is 0 Å². The van der Waals surface area contributed by atoms with Crippen LogP contribution in [0.1, 0.15) is 10.4 Å². The molecule has 0 amide bonds. The van der Waals surface area contributed by atoms with E-state index in [1.165, 1.54) is 22.9 Å². The highest BCUT2D eigenvalue weighted by atomic mass is 35.5. The number of rotatable bonds is 2. The van der Waals surface area contributed by atoms with E-state index < -0.39 is 11.4 Å². The van der Waals surface area contributed by atoms with Crippen molar-refractivity contribution in [2.45, 2.75) is 0 Å². The van der Waals surface area contributed by atoms with Crippen LogP contribution in [0.15, 0.2) is 47.4 Å². The minimum absolute atomic E-state index is 0.157. The second-order valence-corrected chi connectivity index (χ2v) is 5.30. The fraction of sp³-hybridized carbons (Fsp3) is 0. The largest absolute Gasteiger partial charge is 0.477 e. The van der Waals surface area contributed by atoms with E-state index in [9.17, 15) is 14.7 Å². The Labute approximate surface area is 134 Å². The molecular formula is C15H8Cl2N2O3. The summed E-state index contributed by atoms with van der Waals surface area (Å²) in [5, 5.41) is 9.97. The van der Waals surface area contributed by atoms with Crippen LogP contribution in [-0.2, 0) is 0 Å². The molecule has 0 unspecified atom stereocenters. The number of hydrogen-bond donors (Lipinski definition) is 1. The molecule has 0 spiro atoms. The maximum absolute atomic E-state index is 12.2. The molecule has 0 saturated carbocycles. The van der Waals surface area contributed by atoms with E-state index in [0.29, 0.717) is 10.7 Å². The van der Waals surface area contributed by atoms with Crippen LogP contribution in [0, 0.1) is 0 Å². The Kier molecular flexibility index (Phi) is 3.60. The lowest BCUT2D eigenvalue weighted by Gasteiger charge is -2.13. The molecule has 0 saturated heterocycles. The van der Waals surface area contributed by atoms with Gasteiger partial charge in [-0.2, -0.15) is 0 Å². The van der Waals surface area contributed by atoms with Crippen molar-refractivity contribution < 1.29 is 9.90 Å². The number of benzene rings is 1. The number of fused-ring (bicyclic) bond motifs is 1. The van der Waals surface area contributed by atoms with E-state index in [2.05, 4.69) is 4.98 Å². The minimum atomic E-state index is -1.32. The number of aromatic nitrogens is 2. The Bertz CT molecular complexity index is 967. The summed E-state index contributed by atoms with van der Waals surface area (Å²) >= 11 is 12.1. The predicted molar refractivity (Wildman–Crippen MR) is 84.3 cm³/mol.